The number of aryl methyl sites for hydroxylation is 2. The van der Waals surface area contributed by atoms with Crippen molar-refractivity contribution >= 4 is 0 Å². The van der Waals surface area contributed by atoms with E-state index in [4.69, 9.17) is 0 Å². The van der Waals surface area contributed by atoms with Crippen LogP contribution in [0, 0.1) is 5.92 Å². The average molecular weight is 223 g/mol. The topological polar surface area (TPSA) is 21.1 Å². The molecule has 1 atom stereocenters. The lowest BCUT2D eigenvalue weighted by Crippen LogP contribution is -2.24. The largest absolute Gasteiger partial charge is 0.302 e. The van der Waals surface area contributed by atoms with E-state index in [1.807, 2.05) is 11.7 Å². The maximum absolute atomic E-state index is 4.47. The molecule has 92 valence electrons. The summed E-state index contributed by atoms with van der Waals surface area (Å²) in [5.41, 5.74) is 2.61. The van der Waals surface area contributed by atoms with Gasteiger partial charge in [-0.1, -0.05) is 27.2 Å². The molecule has 0 aliphatic rings. The van der Waals surface area contributed by atoms with E-state index < -0.39 is 0 Å². The van der Waals surface area contributed by atoms with Gasteiger partial charge in [-0.2, -0.15) is 5.10 Å². The molecular weight excluding hydrogens is 198 g/mol. The highest BCUT2D eigenvalue weighted by atomic mass is 15.3. The predicted molar refractivity (Wildman–Crippen MR) is 68.4 cm³/mol. The van der Waals surface area contributed by atoms with Crippen LogP contribution in [0.2, 0.25) is 0 Å². The molecule has 1 rings (SSSR count). The zero-order valence-electron chi connectivity index (χ0n) is 11.3. The molecule has 0 unspecified atom stereocenters. The van der Waals surface area contributed by atoms with Crippen molar-refractivity contribution in [1.29, 1.82) is 0 Å². The molecular formula is C13H25N3. The number of hydrogen-bond donors (Lipinski definition) is 0. The maximum atomic E-state index is 4.47. The molecule has 0 radical (unpaired) electrons. The number of nitrogens with zero attached hydrogens (tertiary/aromatic N) is 3. The summed E-state index contributed by atoms with van der Waals surface area (Å²) in [4.78, 5) is 2.39. The fourth-order valence-corrected chi connectivity index (χ4v) is 2.03. The van der Waals surface area contributed by atoms with Crippen LogP contribution in [0.5, 0.6) is 0 Å². The van der Waals surface area contributed by atoms with Crippen LogP contribution < -0.4 is 0 Å². The highest BCUT2D eigenvalue weighted by molar-refractivity contribution is 5.16. The molecule has 1 heterocycles. The van der Waals surface area contributed by atoms with E-state index in [0.717, 1.165) is 25.4 Å². The third-order valence-corrected chi connectivity index (χ3v) is 3.09. The van der Waals surface area contributed by atoms with Crippen molar-refractivity contribution in [3.63, 3.8) is 0 Å². The number of hydrogen-bond acceptors (Lipinski definition) is 2. The van der Waals surface area contributed by atoms with Crippen LogP contribution in [0.3, 0.4) is 0 Å². The Morgan fingerprint density at radius 1 is 1.44 bits per heavy atom. The van der Waals surface area contributed by atoms with E-state index in [-0.39, 0.29) is 0 Å². The summed E-state index contributed by atoms with van der Waals surface area (Å²) >= 11 is 0. The summed E-state index contributed by atoms with van der Waals surface area (Å²) in [7, 11) is 4.19. The van der Waals surface area contributed by atoms with Crippen LogP contribution in [0.15, 0.2) is 6.20 Å². The van der Waals surface area contributed by atoms with E-state index in [9.17, 15) is 0 Å². The molecule has 0 N–H and O–H groups in total. The van der Waals surface area contributed by atoms with Gasteiger partial charge in [0.2, 0.25) is 0 Å². The van der Waals surface area contributed by atoms with Crippen molar-refractivity contribution in [2.24, 2.45) is 13.0 Å². The minimum absolute atomic E-state index is 0.770. The van der Waals surface area contributed by atoms with Crippen LogP contribution in [0.4, 0.5) is 0 Å². The summed E-state index contributed by atoms with van der Waals surface area (Å²) in [6, 6.07) is 0. The second-order valence-corrected chi connectivity index (χ2v) is 4.84. The molecule has 0 aromatic carbocycles. The van der Waals surface area contributed by atoms with E-state index in [1.54, 1.807) is 0 Å². The number of rotatable bonds is 6. The Kier molecular flexibility index (Phi) is 5.00. The number of aromatic nitrogens is 2. The molecule has 0 amide bonds. The molecule has 0 saturated heterocycles. The van der Waals surface area contributed by atoms with Gasteiger partial charge in [-0.15, -0.1) is 0 Å². The van der Waals surface area contributed by atoms with Gasteiger partial charge in [-0.3, -0.25) is 4.68 Å². The lowest BCUT2D eigenvalue weighted by molar-refractivity contribution is 0.274. The lowest BCUT2D eigenvalue weighted by atomic mass is 10.1. The van der Waals surface area contributed by atoms with Crippen LogP contribution in [-0.2, 0) is 20.0 Å². The van der Waals surface area contributed by atoms with Crippen molar-refractivity contribution in [2.45, 2.75) is 40.2 Å². The Morgan fingerprint density at radius 3 is 2.69 bits per heavy atom. The summed E-state index contributed by atoms with van der Waals surface area (Å²) in [6.07, 6.45) is 4.41. The van der Waals surface area contributed by atoms with Gasteiger partial charge >= 0.3 is 0 Å². The zero-order chi connectivity index (χ0) is 12.1. The van der Waals surface area contributed by atoms with E-state index in [2.05, 4.69) is 44.0 Å². The molecule has 0 aliphatic heterocycles. The molecule has 16 heavy (non-hydrogen) atoms. The third kappa shape index (κ3) is 3.63. The first-order valence-corrected chi connectivity index (χ1v) is 6.26. The van der Waals surface area contributed by atoms with Crippen LogP contribution in [-0.4, -0.2) is 28.3 Å². The average Bonchev–Trinajstić information content (AvgIpc) is 2.58. The van der Waals surface area contributed by atoms with Gasteiger partial charge in [0.05, 0.1) is 5.69 Å². The van der Waals surface area contributed by atoms with Gasteiger partial charge in [-0.25, -0.2) is 0 Å². The van der Waals surface area contributed by atoms with Crippen molar-refractivity contribution in [1.82, 2.24) is 14.7 Å². The zero-order valence-corrected chi connectivity index (χ0v) is 11.3. The molecule has 0 saturated carbocycles. The fraction of sp³-hybridized carbons (Fsp3) is 0.769. The molecule has 3 nitrogen and oxygen atoms in total. The first-order chi connectivity index (χ1) is 7.56. The fourth-order valence-electron chi connectivity index (χ4n) is 2.03. The van der Waals surface area contributed by atoms with Crippen molar-refractivity contribution in [3.05, 3.63) is 17.5 Å². The summed E-state index contributed by atoms with van der Waals surface area (Å²) in [5.74, 6) is 0.770. The van der Waals surface area contributed by atoms with Gasteiger partial charge in [-0.05, 0) is 19.4 Å². The highest BCUT2D eigenvalue weighted by Crippen LogP contribution is 2.11. The highest BCUT2D eigenvalue weighted by Gasteiger charge is 2.10. The van der Waals surface area contributed by atoms with E-state index in [1.165, 1.54) is 17.7 Å². The second-order valence-electron chi connectivity index (χ2n) is 4.84. The van der Waals surface area contributed by atoms with Crippen LogP contribution in [0.1, 0.15) is 38.4 Å². The first-order valence-electron chi connectivity index (χ1n) is 6.26. The Hall–Kier alpha value is -0.830. The summed E-state index contributed by atoms with van der Waals surface area (Å²) in [6.45, 7) is 8.90. The third-order valence-electron chi connectivity index (χ3n) is 3.09. The van der Waals surface area contributed by atoms with Gasteiger partial charge in [0.15, 0.2) is 0 Å². The second kappa shape index (κ2) is 6.04. The molecule has 3 heteroatoms. The summed E-state index contributed by atoms with van der Waals surface area (Å²) in [5, 5.41) is 4.47. The normalized spacial score (nSPS) is 13.4. The Labute approximate surface area is 99.4 Å². The van der Waals surface area contributed by atoms with Crippen molar-refractivity contribution < 1.29 is 0 Å². The molecule has 0 spiro atoms. The molecule has 1 aromatic heterocycles. The summed E-state index contributed by atoms with van der Waals surface area (Å²) < 4.78 is 1.92. The SMILES string of the molecule is CCc1nn(C)cc1CN(C)C[C@H](C)CC. The smallest absolute Gasteiger partial charge is 0.0666 e. The minimum atomic E-state index is 0.770. The Balaban J connectivity index is 2.58. The quantitative estimate of drug-likeness (QED) is 0.738. The Morgan fingerprint density at radius 2 is 2.12 bits per heavy atom. The minimum Gasteiger partial charge on any atom is -0.302 e. The van der Waals surface area contributed by atoms with Crippen molar-refractivity contribution in [2.75, 3.05) is 13.6 Å². The molecule has 1 aromatic rings. The lowest BCUT2D eigenvalue weighted by Gasteiger charge is -2.20. The monoisotopic (exact) mass is 223 g/mol. The standard InChI is InChI=1S/C13H25N3/c1-6-11(3)8-15(4)9-12-10-16(5)14-13(12)7-2/h10-11H,6-9H2,1-5H3/t11-/m1/s1. The molecule has 0 fully saturated rings. The van der Waals surface area contributed by atoms with Crippen LogP contribution >= 0.6 is 0 Å². The predicted octanol–water partition coefficient (Wildman–Crippen LogP) is 2.46. The van der Waals surface area contributed by atoms with Gasteiger partial charge in [0.25, 0.3) is 0 Å². The van der Waals surface area contributed by atoms with Crippen molar-refractivity contribution in [3.8, 4) is 0 Å². The van der Waals surface area contributed by atoms with E-state index >= 15 is 0 Å². The molecule has 0 bridgehead atoms. The molecule has 0 aliphatic carbocycles. The van der Waals surface area contributed by atoms with Gasteiger partial charge < -0.3 is 4.90 Å². The maximum Gasteiger partial charge on any atom is 0.0666 e. The van der Waals surface area contributed by atoms with Gasteiger partial charge in [0.1, 0.15) is 0 Å². The van der Waals surface area contributed by atoms with Crippen LogP contribution in [0.25, 0.3) is 0 Å². The van der Waals surface area contributed by atoms with Gasteiger partial charge in [0, 0.05) is 31.9 Å². The first kappa shape index (κ1) is 13.2. The van der Waals surface area contributed by atoms with E-state index in [0.29, 0.717) is 0 Å². The Bertz CT molecular complexity index is 317.